The molecule has 0 N–H and O–H groups in total. The van der Waals surface area contributed by atoms with Crippen molar-refractivity contribution in [3.8, 4) is 0 Å². The van der Waals surface area contributed by atoms with Gasteiger partial charge in [0.2, 0.25) is 0 Å². The van der Waals surface area contributed by atoms with Crippen LogP contribution in [0.5, 0.6) is 0 Å². The van der Waals surface area contributed by atoms with Crippen molar-refractivity contribution in [3.63, 3.8) is 0 Å². The first-order valence-corrected chi connectivity index (χ1v) is 3.82. The van der Waals surface area contributed by atoms with Crippen molar-refractivity contribution in [3.05, 3.63) is 0 Å². The summed E-state index contributed by atoms with van der Waals surface area (Å²) < 4.78 is 14.9. The summed E-state index contributed by atoms with van der Waals surface area (Å²) in [5.41, 5.74) is 0. The van der Waals surface area contributed by atoms with Crippen LogP contribution in [0.1, 0.15) is 0 Å². The molecule has 0 aromatic carbocycles. The fourth-order valence-corrected chi connectivity index (χ4v) is 0.545. The Bertz CT molecular complexity index is 139. The van der Waals surface area contributed by atoms with Crippen molar-refractivity contribution in [2.24, 2.45) is 0 Å². The van der Waals surface area contributed by atoms with E-state index in [4.69, 9.17) is 9.47 Å². The van der Waals surface area contributed by atoms with Gasteiger partial charge in [0.1, 0.15) is 6.61 Å². The van der Waals surface area contributed by atoms with E-state index in [9.17, 15) is 4.79 Å². The van der Waals surface area contributed by atoms with Gasteiger partial charge in [-0.25, -0.2) is 4.79 Å². The van der Waals surface area contributed by atoms with E-state index in [1.807, 2.05) is 0 Å². The molecule has 0 unspecified atom stereocenters. The van der Waals surface area contributed by atoms with Crippen molar-refractivity contribution >= 4 is 31.7 Å². The summed E-state index contributed by atoms with van der Waals surface area (Å²) in [7, 11) is 2.89. The van der Waals surface area contributed by atoms with Gasteiger partial charge in [0.15, 0.2) is 6.29 Å². The highest BCUT2D eigenvalue weighted by Crippen LogP contribution is 2.02. The van der Waals surface area contributed by atoms with Gasteiger partial charge in [0.05, 0.1) is 0 Å². The van der Waals surface area contributed by atoms with Gasteiger partial charge in [0.25, 0.3) is 0 Å². The molecule has 0 saturated carbocycles. The molecule has 0 fully saturated rings. The zero-order valence-electron chi connectivity index (χ0n) is 6.76. The van der Waals surface area contributed by atoms with Crippen LogP contribution in [-0.2, 0) is 14.2 Å². The highest BCUT2D eigenvalue weighted by Gasteiger charge is 2.11. The van der Waals surface area contributed by atoms with Crippen molar-refractivity contribution in [2.75, 3.05) is 20.8 Å². The molecule has 0 heterocycles. The first kappa shape index (κ1) is 11.9. The highest BCUT2D eigenvalue weighted by atomic mass is 32.2. The second-order valence-electron chi connectivity index (χ2n) is 1.77. The van der Waals surface area contributed by atoms with Crippen LogP contribution < -0.4 is 0 Å². The number of amides is 1. The SMILES string of the molecule is COC(COC(=O)N(S)S)OC. The summed E-state index contributed by atoms with van der Waals surface area (Å²) in [5.74, 6) is 0. The number of nitrogens with zero attached hydrogens (tertiary/aromatic N) is 1. The number of methoxy groups -OCH3 is 2. The molecule has 0 aromatic heterocycles. The zero-order chi connectivity index (χ0) is 9.56. The van der Waals surface area contributed by atoms with Gasteiger partial charge < -0.3 is 14.2 Å². The largest absolute Gasteiger partial charge is 0.443 e. The zero-order valence-corrected chi connectivity index (χ0v) is 8.55. The standard InChI is InChI=1S/C5H11NO4S2/c1-8-4(9-2)3-10-5(7)6(11)12/h4,11-12H,3H2,1-2H3. The van der Waals surface area contributed by atoms with Crippen molar-refractivity contribution < 1.29 is 19.0 Å². The van der Waals surface area contributed by atoms with Gasteiger partial charge in [-0.15, -0.1) is 0 Å². The van der Waals surface area contributed by atoms with E-state index >= 15 is 0 Å². The fourth-order valence-electron chi connectivity index (χ4n) is 0.429. The maximum atomic E-state index is 10.7. The summed E-state index contributed by atoms with van der Waals surface area (Å²) in [6, 6.07) is 0. The second-order valence-corrected chi connectivity index (χ2v) is 2.88. The Balaban J connectivity index is 3.59. The van der Waals surface area contributed by atoms with Gasteiger partial charge >= 0.3 is 6.09 Å². The molecule has 7 heteroatoms. The quantitative estimate of drug-likeness (QED) is 0.534. The highest BCUT2D eigenvalue weighted by molar-refractivity contribution is 7.94. The van der Waals surface area contributed by atoms with Crippen LogP contribution in [0, 0.1) is 0 Å². The smallest absolute Gasteiger partial charge is 0.430 e. The number of rotatable bonds is 4. The van der Waals surface area contributed by atoms with E-state index in [-0.39, 0.29) is 6.61 Å². The number of carbonyl (C=O) groups excluding carboxylic acids is 1. The Morgan fingerprint density at radius 1 is 1.42 bits per heavy atom. The Morgan fingerprint density at radius 2 is 1.92 bits per heavy atom. The predicted octanol–water partition coefficient (Wildman–Crippen LogP) is 0.733. The monoisotopic (exact) mass is 213 g/mol. The normalized spacial score (nSPS) is 10.1. The van der Waals surface area contributed by atoms with Crippen LogP contribution in [0.2, 0.25) is 0 Å². The molecule has 5 nitrogen and oxygen atoms in total. The van der Waals surface area contributed by atoms with Crippen LogP contribution in [0.25, 0.3) is 0 Å². The molecule has 0 radical (unpaired) electrons. The summed E-state index contributed by atoms with van der Waals surface area (Å²) in [6.45, 7) is 0.00343. The Hall–Kier alpha value is -0.110. The maximum absolute atomic E-state index is 10.7. The van der Waals surface area contributed by atoms with Gasteiger partial charge in [-0.1, -0.05) is 0 Å². The van der Waals surface area contributed by atoms with Crippen molar-refractivity contribution in [2.45, 2.75) is 6.29 Å². The number of thiol groups is 2. The molecule has 0 aliphatic carbocycles. The molecule has 0 spiro atoms. The van der Waals surface area contributed by atoms with Crippen LogP contribution in [-0.4, -0.2) is 36.9 Å². The van der Waals surface area contributed by atoms with Gasteiger partial charge in [-0.3, -0.25) is 0 Å². The Kier molecular flexibility index (Phi) is 6.35. The van der Waals surface area contributed by atoms with E-state index in [1.165, 1.54) is 14.2 Å². The minimum Gasteiger partial charge on any atom is -0.443 e. The second kappa shape index (κ2) is 6.41. The molecule has 0 rings (SSSR count). The molecular weight excluding hydrogens is 202 g/mol. The molecule has 0 aliphatic heterocycles. The third-order valence-corrected chi connectivity index (χ3v) is 1.36. The summed E-state index contributed by atoms with van der Waals surface area (Å²) in [4.78, 5) is 10.7. The molecule has 72 valence electrons. The number of hydrogen-bond donors (Lipinski definition) is 2. The Morgan fingerprint density at radius 3 is 2.25 bits per heavy atom. The molecule has 0 atom stereocenters. The lowest BCUT2D eigenvalue weighted by Gasteiger charge is -2.14. The number of ether oxygens (including phenoxy) is 3. The van der Waals surface area contributed by atoms with E-state index < -0.39 is 12.4 Å². The van der Waals surface area contributed by atoms with Crippen molar-refractivity contribution in [1.29, 1.82) is 0 Å². The molecule has 0 saturated heterocycles. The predicted molar refractivity (Wildman–Crippen MR) is 49.0 cm³/mol. The van der Waals surface area contributed by atoms with Gasteiger partial charge in [0, 0.05) is 14.2 Å². The lowest BCUT2D eigenvalue weighted by Crippen LogP contribution is -2.24. The molecule has 0 bridgehead atoms. The molecule has 0 aromatic rings. The fraction of sp³-hybridized carbons (Fsp3) is 0.800. The minimum atomic E-state index is -0.680. The van der Waals surface area contributed by atoms with E-state index in [0.717, 1.165) is 3.71 Å². The van der Waals surface area contributed by atoms with Crippen molar-refractivity contribution in [1.82, 2.24) is 3.71 Å². The molecule has 12 heavy (non-hydrogen) atoms. The first-order valence-electron chi connectivity index (χ1n) is 3.02. The third kappa shape index (κ3) is 4.70. The molecule has 1 amide bonds. The van der Waals surface area contributed by atoms with Crippen LogP contribution in [0.15, 0.2) is 0 Å². The topological polar surface area (TPSA) is 48.0 Å². The van der Waals surface area contributed by atoms with Crippen LogP contribution in [0.3, 0.4) is 0 Å². The molecular formula is C5H11NO4S2. The summed E-state index contributed by atoms with van der Waals surface area (Å²) in [5, 5.41) is 0. The molecule has 0 aliphatic rings. The number of hydrogen-bond acceptors (Lipinski definition) is 6. The van der Waals surface area contributed by atoms with E-state index in [0.29, 0.717) is 0 Å². The summed E-state index contributed by atoms with van der Waals surface area (Å²) >= 11 is 7.19. The third-order valence-electron chi connectivity index (χ3n) is 1.03. The van der Waals surface area contributed by atoms with E-state index in [1.54, 1.807) is 0 Å². The average Bonchev–Trinajstić information content (AvgIpc) is 2.05. The first-order chi connectivity index (χ1) is 5.61. The van der Waals surface area contributed by atoms with Crippen LogP contribution in [0.4, 0.5) is 4.79 Å². The van der Waals surface area contributed by atoms with E-state index in [2.05, 4.69) is 30.4 Å². The maximum Gasteiger partial charge on any atom is 0.430 e. The lowest BCUT2D eigenvalue weighted by molar-refractivity contribution is -0.128. The Labute approximate surface area is 82.0 Å². The lowest BCUT2D eigenvalue weighted by atomic mass is 10.7. The van der Waals surface area contributed by atoms with Gasteiger partial charge in [-0.05, 0) is 25.6 Å². The minimum absolute atomic E-state index is 0.00343. The van der Waals surface area contributed by atoms with Gasteiger partial charge in [-0.2, -0.15) is 3.71 Å². The van der Waals surface area contributed by atoms with Crippen LogP contribution >= 0.6 is 25.6 Å². The summed E-state index contributed by atoms with van der Waals surface area (Å²) in [6.07, 6.45) is -1.24. The number of carbonyl (C=O) groups is 1. The average molecular weight is 213 g/mol.